The van der Waals surface area contributed by atoms with Gasteiger partial charge in [0.2, 0.25) is 0 Å². The van der Waals surface area contributed by atoms with Crippen molar-refractivity contribution in [3.8, 4) is 22.8 Å². The Bertz CT molecular complexity index is 2480. The van der Waals surface area contributed by atoms with Crippen LogP contribution in [0.5, 0.6) is 0 Å². The normalized spacial score (nSPS) is 11.9. The molecule has 0 aliphatic heterocycles. The molecular weight excluding hydrogens is 518 g/mol. The van der Waals surface area contributed by atoms with Crippen LogP contribution in [0.15, 0.2) is 127 Å². The molecule has 0 spiro atoms. The van der Waals surface area contributed by atoms with Gasteiger partial charge < -0.3 is 0 Å². The highest BCUT2D eigenvalue weighted by Crippen LogP contribution is 2.40. The molecule has 9 aromatic rings. The average Bonchev–Trinajstić information content (AvgIpc) is 3.40. The summed E-state index contributed by atoms with van der Waals surface area (Å²) in [7, 11) is 0. The van der Waals surface area contributed by atoms with E-state index in [9.17, 15) is 0 Å². The van der Waals surface area contributed by atoms with Gasteiger partial charge in [-0.3, -0.25) is 0 Å². The molecule has 3 heterocycles. The van der Waals surface area contributed by atoms with E-state index in [2.05, 4.69) is 121 Å². The van der Waals surface area contributed by atoms with Crippen molar-refractivity contribution in [3.63, 3.8) is 0 Å². The monoisotopic (exact) mass is 539 g/mol. The van der Waals surface area contributed by atoms with Crippen LogP contribution in [0.1, 0.15) is 0 Å². The smallest absolute Gasteiger partial charge is 0.180 e. The molecule has 0 fully saturated rings. The molecule has 0 aliphatic carbocycles. The molecule has 4 heteroatoms. The number of nitrogens with zero attached hydrogens (tertiary/aromatic N) is 3. The molecule has 0 bridgehead atoms. The maximum absolute atomic E-state index is 5.30. The molecule has 0 saturated carbocycles. The van der Waals surface area contributed by atoms with Crippen LogP contribution in [0.25, 0.3) is 86.3 Å². The molecule has 190 valence electrons. The van der Waals surface area contributed by atoms with E-state index in [1.807, 2.05) is 17.4 Å². The first-order valence-corrected chi connectivity index (χ1v) is 14.5. The Labute approximate surface area is 239 Å². The number of rotatable bonds is 2. The van der Waals surface area contributed by atoms with Gasteiger partial charge in [0.05, 0.1) is 16.7 Å². The van der Waals surface area contributed by atoms with E-state index in [0.717, 1.165) is 60.3 Å². The quantitative estimate of drug-likeness (QED) is 0.205. The number of hydrogen-bond donors (Lipinski definition) is 0. The van der Waals surface area contributed by atoms with Crippen molar-refractivity contribution < 1.29 is 0 Å². The highest BCUT2D eigenvalue weighted by atomic mass is 32.1. The Morgan fingerprint density at radius 1 is 0.415 bits per heavy atom. The van der Waals surface area contributed by atoms with Crippen LogP contribution in [-0.2, 0) is 0 Å². The second kappa shape index (κ2) is 8.65. The van der Waals surface area contributed by atoms with Crippen molar-refractivity contribution in [2.24, 2.45) is 0 Å². The minimum Gasteiger partial charge on any atom is -0.244 e. The van der Waals surface area contributed by atoms with E-state index in [4.69, 9.17) is 15.0 Å². The summed E-state index contributed by atoms with van der Waals surface area (Å²) < 4.78 is 2.53. The maximum Gasteiger partial charge on any atom is 0.180 e. The number of fused-ring (bicyclic) bond motifs is 9. The Hall–Kier alpha value is -5.19. The lowest BCUT2D eigenvalue weighted by Crippen LogP contribution is -1.99. The third-order valence-corrected chi connectivity index (χ3v) is 9.18. The van der Waals surface area contributed by atoms with Crippen molar-refractivity contribution in [1.29, 1.82) is 0 Å². The first kappa shape index (κ1) is 22.6. The fraction of sp³-hybridized carbons (Fsp3) is 0. The number of aromatic nitrogens is 3. The summed E-state index contributed by atoms with van der Waals surface area (Å²) in [4.78, 5) is 15.8. The van der Waals surface area contributed by atoms with E-state index in [1.165, 1.54) is 20.2 Å². The summed E-state index contributed by atoms with van der Waals surface area (Å²) in [6.45, 7) is 0. The zero-order chi connectivity index (χ0) is 26.9. The maximum atomic E-state index is 5.30. The van der Waals surface area contributed by atoms with Gasteiger partial charge in [0.1, 0.15) is 5.69 Å². The highest BCUT2D eigenvalue weighted by Gasteiger charge is 2.18. The SMILES string of the molecule is c1ccc(-c2nc(-c3nc4cc5sc6ccccc6c5cc4c4ccccc34)nc3c2ccc2ccccc23)cc1. The summed E-state index contributed by atoms with van der Waals surface area (Å²) in [6.07, 6.45) is 0. The van der Waals surface area contributed by atoms with Crippen molar-refractivity contribution in [2.75, 3.05) is 0 Å². The number of benzene rings is 6. The van der Waals surface area contributed by atoms with Crippen LogP contribution < -0.4 is 0 Å². The van der Waals surface area contributed by atoms with Gasteiger partial charge in [0.15, 0.2) is 5.82 Å². The Morgan fingerprint density at radius 2 is 1.15 bits per heavy atom. The van der Waals surface area contributed by atoms with Crippen LogP contribution in [0.2, 0.25) is 0 Å². The van der Waals surface area contributed by atoms with Crippen LogP contribution in [0.4, 0.5) is 0 Å². The van der Waals surface area contributed by atoms with Gasteiger partial charge in [-0.05, 0) is 35.0 Å². The second-order valence-corrected chi connectivity index (χ2v) is 11.5. The molecule has 0 aliphatic rings. The molecule has 41 heavy (non-hydrogen) atoms. The minimum atomic E-state index is 0.641. The van der Waals surface area contributed by atoms with Crippen LogP contribution >= 0.6 is 11.3 Å². The lowest BCUT2D eigenvalue weighted by Gasteiger charge is -2.13. The Morgan fingerprint density at radius 3 is 2.02 bits per heavy atom. The summed E-state index contributed by atoms with van der Waals surface area (Å²) >= 11 is 1.82. The van der Waals surface area contributed by atoms with E-state index in [-0.39, 0.29) is 0 Å². The zero-order valence-corrected chi connectivity index (χ0v) is 22.7. The second-order valence-electron chi connectivity index (χ2n) is 10.4. The standard InChI is InChI=1S/C37H21N3S/c1-2-11-23(12-3-1)34-28-19-18-22-10-4-5-13-24(22)35(28)40-37(39-34)36-27-16-7-6-14-25(27)29-20-30-26-15-8-9-17-32(26)41-33(30)21-31(29)38-36/h1-21H. The van der Waals surface area contributed by atoms with Crippen molar-refractivity contribution in [1.82, 2.24) is 15.0 Å². The number of hydrogen-bond acceptors (Lipinski definition) is 4. The topological polar surface area (TPSA) is 38.7 Å². The van der Waals surface area contributed by atoms with Gasteiger partial charge >= 0.3 is 0 Å². The molecule has 0 saturated heterocycles. The van der Waals surface area contributed by atoms with Crippen molar-refractivity contribution >= 4 is 74.9 Å². The van der Waals surface area contributed by atoms with E-state index >= 15 is 0 Å². The Balaban J connectivity index is 1.41. The van der Waals surface area contributed by atoms with Gasteiger partial charge in [-0.25, -0.2) is 15.0 Å². The predicted molar refractivity (Wildman–Crippen MR) is 174 cm³/mol. The van der Waals surface area contributed by atoms with Gasteiger partial charge in [-0.1, -0.05) is 103 Å². The molecule has 0 amide bonds. The van der Waals surface area contributed by atoms with E-state index in [1.54, 1.807) is 0 Å². The predicted octanol–water partition coefficient (Wildman–Crippen LogP) is 10.2. The van der Waals surface area contributed by atoms with E-state index < -0.39 is 0 Å². The minimum absolute atomic E-state index is 0.641. The molecular formula is C37H21N3S. The molecule has 0 radical (unpaired) electrons. The zero-order valence-electron chi connectivity index (χ0n) is 21.9. The molecule has 6 aromatic carbocycles. The first-order valence-electron chi connectivity index (χ1n) is 13.7. The molecule has 0 atom stereocenters. The summed E-state index contributed by atoms with van der Waals surface area (Å²) in [5.41, 5.74) is 4.69. The summed E-state index contributed by atoms with van der Waals surface area (Å²) in [6, 6.07) is 44.8. The van der Waals surface area contributed by atoms with Crippen LogP contribution in [0.3, 0.4) is 0 Å². The highest BCUT2D eigenvalue weighted by molar-refractivity contribution is 7.25. The fourth-order valence-electron chi connectivity index (χ4n) is 6.13. The first-order chi connectivity index (χ1) is 20.3. The van der Waals surface area contributed by atoms with Gasteiger partial charge in [0.25, 0.3) is 0 Å². The molecule has 0 unspecified atom stereocenters. The van der Waals surface area contributed by atoms with Gasteiger partial charge in [-0.15, -0.1) is 11.3 Å². The fourth-order valence-corrected chi connectivity index (χ4v) is 7.25. The molecule has 3 nitrogen and oxygen atoms in total. The largest absolute Gasteiger partial charge is 0.244 e. The Kier molecular flexibility index (Phi) is 4.77. The van der Waals surface area contributed by atoms with E-state index in [0.29, 0.717) is 5.82 Å². The average molecular weight is 540 g/mol. The van der Waals surface area contributed by atoms with Gasteiger partial charge in [0, 0.05) is 47.3 Å². The third-order valence-electron chi connectivity index (χ3n) is 8.05. The number of thiophene rings is 1. The lowest BCUT2D eigenvalue weighted by molar-refractivity contribution is 1.21. The molecule has 9 rings (SSSR count). The number of pyridine rings is 1. The van der Waals surface area contributed by atoms with Crippen molar-refractivity contribution in [3.05, 3.63) is 127 Å². The van der Waals surface area contributed by atoms with Crippen LogP contribution in [0, 0.1) is 0 Å². The molecule has 0 N–H and O–H groups in total. The van der Waals surface area contributed by atoms with Crippen LogP contribution in [-0.4, -0.2) is 15.0 Å². The third kappa shape index (κ3) is 3.41. The molecule has 3 aromatic heterocycles. The van der Waals surface area contributed by atoms with Gasteiger partial charge in [-0.2, -0.15) is 0 Å². The van der Waals surface area contributed by atoms with Crippen molar-refractivity contribution in [2.45, 2.75) is 0 Å². The lowest BCUT2D eigenvalue weighted by atomic mass is 10.00. The summed E-state index contributed by atoms with van der Waals surface area (Å²) in [5, 5.41) is 9.24. The summed E-state index contributed by atoms with van der Waals surface area (Å²) in [5.74, 6) is 0.641.